The van der Waals surface area contributed by atoms with Crippen molar-refractivity contribution in [3.05, 3.63) is 35.4 Å². The summed E-state index contributed by atoms with van der Waals surface area (Å²) in [5.41, 5.74) is 3.14. The molecular formula is C14H21N. The zero-order chi connectivity index (χ0) is 10.7. The van der Waals surface area contributed by atoms with E-state index in [0.717, 1.165) is 6.04 Å². The van der Waals surface area contributed by atoms with Crippen LogP contribution >= 0.6 is 0 Å². The molecular weight excluding hydrogens is 182 g/mol. The van der Waals surface area contributed by atoms with Gasteiger partial charge in [0.15, 0.2) is 0 Å². The molecule has 1 nitrogen and oxygen atoms in total. The fourth-order valence-electron chi connectivity index (χ4n) is 2.49. The lowest BCUT2D eigenvalue weighted by atomic mass is 9.90. The van der Waals surface area contributed by atoms with Crippen LogP contribution in [0.3, 0.4) is 0 Å². The zero-order valence-corrected chi connectivity index (χ0v) is 9.87. The van der Waals surface area contributed by atoms with Gasteiger partial charge in [-0.25, -0.2) is 0 Å². The van der Waals surface area contributed by atoms with Gasteiger partial charge in [-0.1, -0.05) is 30.7 Å². The second-order valence-corrected chi connectivity index (χ2v) is 4.84. The van der Waals surface area contributed by atoms with Crippen LogP contribution in [-0.4, -0.2) is 25.0 Å². The van der Waals surface area contributed by atoms with Crippen molar-refractivity contribution in [2.45, 2.75) is 38.1 Å². The highest BCUT2D eigenvalue weighted by atomic mass is 15.1. The predicted molar refractivity (Wildman–Crippen MR) is 65.2 cm³/mol. The van der Waals surface area contributed by atoms with E-state index < -0.39 is 0 Å². The first-order valence-electron chi connectivity index (χ1n) is 6.00. The molecule has 1 aliphatic carbocycles. The van der Waals surface area contributed by atoms with Gasteiger partial charge in [-0.05, 0) is 50.9 Å². The summed E-state index contributed by atoms with van der Waals surface area (Å²) in [6.07, 6.45) is 6.57. The van der Waals surface area contributed by atoms with Gasteiger partial charge in [0.05, 0.1) is 0 Å². The Morgan fingerprint density at radius 3 is 2.53 bits per heavy atom. The van der Waals surface area contributed by atoms with Crippen LogP contribution in [0.2, 0.25) is 0 Å². The van der Waals surface area contributed by atoms with Crippen LogP contribution < -0.4 is 0 Å². The van der Waals surface area contributed by atoms with Crippen molar-refractivity contribution in [3.63, 3.8) is 0 Å². The van der Waals surface area contributed by atoms with Crippen LogP contribution in [0.15, 0.2) is 24.3 Å². The molecule has 1 aromatic rings. The Morgan fingerprint density at radius 1 is 1.07 bits per heavy atom. The number of hydrogen-bond donors (Lipinski definition) is 0. The van der Waals surface area contributed by atoms with Crippen molar-refractivity contribution in [1.29, 1.82) is 0 Å². The summed E-state index contributed by atoms with van der Waals surface area (Å²) in [6, 6.07) is 9.68. The number of likely N-dealkylation sites (N-methyl/N-ethyl adjacent to an activating group) is 1. The summed E-state index contributed by atoms with van der Waals surface area (Å²) in [7, 11) is 4.41. The van der Waals surface area contributed by atoms with Crippen LogP contribution in [0.1, 0.15) is 30.4 Å². The number of fused-ring (bicyclic) bond motifs is 1. The van der Waals surface area contributed by atoms with Crippen molar-refractivity contribution < 1.29 is 0 Å². The molecule has 82 valence electrons. The molecule has 0 amide bonds. The molecule has 0 fully saturated rings. The van der Waals surface area contributed by atoms with Crippen molar-refractivity contribution >= 4 is 0 Å². The number of aryl methyl sites for hydroxylation is 1. The van der Waals surface area contributed by atoms with Gasteiger partial charge in [-0.3, -0.25) is 0 Å². The van der Waals surface area contributed by atoms with Gasteiger partial charge in [0.1, 0.15) is 0 Å². The second-order valence-electron chi connectivity index (χ2n) is 4.84. The topological polar surface area (TPSA) is 3.24 Å². The molecule has 2 rings (SSSR count). The lowest BCUT2D eigenvalue weighted by Crippen LogP contribution is -2.31. The van der Waals surface area contributed by atoms with E-state index in [9.17, 15) is 0 Å². The second kappa shape index (κ2) is 4.80. The third kappa shape index (κ3) is 2.60. The molecule has 0 bridgehead atoms. The SMILES string of the molecule is CN(C)C1CCCCc2ccccc2C1. The summed E-state index contributed by atoms with van der Waals surface area (Å²) < 4.78 is 0. The van der Waals surface area contributed by atoms with Crippen LogP contribution in [0, 0.1) is 0 Å². The minimum atomic E-state index is 0.728. The molecule has 0 saturated heterocycles. The van der Waals surface area contributed by atoms with Gasteiger partial charge in [-0.2, -0.15) is 0 Å². The van der Waals surface area contributed by atoms with E-state index >= 15 is 0 Å². The van der Waals surface area contributed by atoms with E-state index in [-0.39, 0.29) is 0 Å². The molecule has 1 heteroatoms. The maximum absolute atomic E-state index is 2.38. The van der Waals surface area contributed by atoms with Crippen LogP contribution in [0.4, 0.5) is 0 Å². The molecule has 0 heterocycles. The molecule has 0 saturated carbocycles. The van der Waals surface area contributed by atoms with Gasteiger partial charge in [0, 0.05) is 6.04 Å². The normalized spacial score (nSPS) is 21.9. The predicted octanol–water partition coefficient (Wildman–Crippen LogP) is 2.89. The Labute approximate surface area is 93.1 Å². The Morgan fingerprint density at radius 2 is 1.80 bits per heavy atom. The molecule has 0 N–H and O–H groups in total. The average molecular weight is 203 g/mol. The quantitative estimate of drug-likeness (QED) is 0.678. The number of hydrogen-bond acceptors (Lipinski definition) is 1. The Bertz CT molecular complexity index is 317. The first-order valence-corrected chi connectivity index (χ1v) is 6.00. The molecule has 0 spiro atoms. The minimum absolute atomic E-state index is 0.728. The van der Waals surface area contributed by atoms with Crippen LogP contribution in [0.25, 0.3) is 0 Å². The lowest BCUT2D eigenvalue weighted by Gasteiger charge is -2.27. The summed E-state index contributed by atoms with van der Waals surface area (Å²) in [6.45, 7) is 0. The lowest BCUT2D eigenvalue weighted by molar-refractivity contribution is 0.267. The highest BCUT2D eigenvalue weighted by Crippen LogP contribution is 2.21. The maximum atomic E-state index is 2.38. The molecule has 0 radical (unpaired) electrons. The van der Waals surface area contributed by atoms with Crippen molar-refractivity contribution in [3.8, 4) is 0 Å². The third-order valence-corrected chi connectivity index (χ3v) is 3.54. The Kier molecular flexibility index (Phi) is 3.42. The molecule has 0 aliphatic heterocycles. The minimum Gasteiger partial charge on any atom is -0.306 e. The molecule has 1 unspecified atom stereocenters. The summed E-state index contributed by atoms with van der Waals surface area (Å²) >= 11 is 0. The van der Waals surface area contributed by atoms with Gasteiger partial charge in [0.2, 0.25) is 0 Å². The highest BCUT2D eigenvalue weighted by Gasteiger charge is 2.16. The smallest absolute Gasteiger partial charge is 0.0130 e. The fourth-order valence-corrected chi connectivity index (χ4v) is 2.49. The zero-order valence-electron chi connectivity index (χ0n) is 9.87. The van der Waals surface area contributed by atoms with Crippen molar-refractivity contribution in [2.75, 3.05) is 14.1 Å². The van der Waals surface area contributed by atoms with E-state index in [2.05, 4.69) is 43.3 Å². The largest absolute Gasteiger partial charge is 0.306 e. The number of benzene rings is 1. The standard InChI is InChI=1S/C14H21N/c1-15(2)14-10-6-5-8-12-7-3-4-9-13(12)11-14/h3-4,7,9,14H,5-6,8,10-11H2,1-2H3. The van der Waals surface area contributed by atoms with E-state index in [1.807, 2.05) is 0 Å². The molecule has 0 aromatic heterocycles. The average Bonchev–Trinajstić information content (AvgIpc) is 2.18. The Balaban J connectivity index is 2.21. The number of nitrogens with zero attached hydrogens (tertiary/aromatic N) is 1. The van der Waals surface area contributed by atoms with Gasteiger partial charge >= 0.3 is 0 Å². The van der Waals surface area contributed by atoms with E-state index in [1.165, 1.54) is 32.1 Å². The first-order chi connectivity index (χ1) is 7.27. The maximum Gasteiger partial charge on any atom is 0.0130 e. The van der Waals surface area contributed by atoms with Gasteiger partial charge < -0.3 is 4.90 Å². The molecule has 1 aromatic carbocycles. The first kappa shape index (κ1) is 10.7. The monoisotopic (exact) mass is 203 g/mol. The third-order valence-electron chi connectivity index (χ3n) is 3.54. The van der Waals surface area contributed by atoms with Gasteiger partial charge in [0.25, 0.3) is 0 Å². The van der Waals surface area contributed by atoms with E-state index in [0.29, 0.717) is 0 Å². The van der Waals surface area contributed by atoms with E-state index in [4.69, 9.17) is 0 Å². The summed E-state index contributed by atoms with van der Waals surface area (Å²) in [5.74, 6) is 0. The molecule has 15 heavy (non-hydrogen) atoms. The van der Waals surface area contributed by atoms with Crippen molar-refractivity contribution in [2.24, 2.45) is 0 Å². The molecule has 1 atom stereocenters. The van der Waals surface area contributed by atoms with Crippen LogP contribution in [0.5, 0.6) is 0 Å². The van der Waals surface area contributed by atoms with E-state index in [1.54, 1.807) is 11.1 Å². The summed E-state index contributed by atoms with van der Waals surface area (Å²) in [4.78, 5) is 2.38. The van der Waals surface area contributed by atoms with Crippen molar-refractivity contribution in [1.82, 2.24) is 4.90 Å². The highest BCUT2D eigenvalue weighted by molar-refractivity contribution is 5.28. The summed E-state index contributed by atoms with van der Waals surface area (Å²) in [5, 5.41) is 0. The van der Waals surface area contributed by atoms with Gasteiger partial charge in [-0.15, -0.1) is 0 Å². The fraction of sp³-hybridized carbons (Fsp3) is 0.571. The molecule has 1 aliphatic rings. The van der Waals surface area contributed by atoms with Crippen LogP contribution in [-0.2, 0) is 12.8 Å². The Hall–Kier alpha value is -0.820. The number of rotatable bonds is 1.